The van der Waals surface area contributed by atoms with Gasteiger partial charge < -0.3 is 14.2 Å². The van der Waals surface area contributed by atoms with Gasteiger partial charge in [0.25, 0.3) is 0 Å². The highest BCUT2D eigenvalue weighted by atomic mass is 35.5. The lowest BCUT2D eigenvalue weighted by Gasteiger charge is -2.25. The Hall–Kier alpha value is -2.73. The molecule has 2 aromatic carbocycles. The molecule has 7 heteroatoms. The predicted octanol–water partition coefficient (Wildman–Crippen LogP) is 4.76. The van der Waals surface area contributed by atoms with Gasteiger partial charge in [0.2, 0.25) is 0 Å². The number of carbonyl (C=O) groups is 2. The zero-order chi connectivity index (χ0) is 20.1. The third kappa shape index (κ3) is 4.39. The smallest absolute Gasteiger partial charge is 0.415 e. The number of ether oxygens (including phenoxy) is 3. The fourth-order valence-corrected chi connectivity index (χ4v) is 3.42. The van der Waals surface area contributed by atoms with Crippen molar-refractivity contribution in [1.82, 2.24) is 0 Å². The molecular formula is C21H22ClNO5. The first-order valence-corrected chi connectivity index (χ1v) is 9.46. The summed E-state index contributed by atoms with van der Waals surface area (Å²) in [5.41, 5.74) is 1.52. The lowest BCUT2D eigenvalue weighted by Crippen LogP contribution is -2.29. The van der Waals surface area contributed by atoms with E-state index in [-0.39, 0.29) is 12.4 Å². The van der Waals surface area contributed by atoms with E-state index in [4.69, 9.17) is 25.8 Å². The predicted molar refractivity (Wildman–Crippen MR) is 106 cm³/mol. The molecule has 2 atom stereocenters. The average molecular weight is 404 g/mol. The summed E-state index contributed by atoms with van der Waals surface area (Å²) in [7, 11) is 1.59. The van der Waals surface area contributed by atoms with Crippen LogP contribution in [0.15, 0.2) is 48.5 Å². The van der Waals surface area contributed by atoms with Crippen molar-refractivity contribution >= 4 is 29.4 Å². The number of rotatable bonds is 7. The van der Waals surface area contributed by atoms with E-state index in [9.17, 15) is 9.59 Å². The number of carbonyl (C=O) groups excluding carboxylic acids is 2. The first-order chi connectivity index (χ1) is 13.5. The summed E-state index contributed by atoms with van der Waals surface area (Å²) < 4.78 is 16.0. The molecule has 1 aliphatic rings. The van der Waals surface area contributed by atoms with Gasteiger partial charge >= 0.3 is 12.1 Å². The maximum absolute atomic E-state index is 12.7. The molecule has 2 unspecified atom stereocenters. The summed E-state index contributed by atoms with van der Waals surface area (Å²) in [5, 5.41) is 0.577. The van der Waals surface area contributed by atoms with Crippen molar-refractivity contribution in [2.45, 2.75) is 31.9 Å². The Balaban J connectivity index is 1.94. The van der Waals surface area contributed by atoms with Crippen LogP contribution in [-0.4, -0.2) is 31.9 Å². The molecular weight excluding hydrogens is 382 g/mol. The highest BCUT2D eigenvalue weighted by Crippen LogP contribution is 2.40. The summed E-state index contributed by atoms with van der Waals surface area (Å²) in [4.78, 5) is 26.1. The average Bonchev–Trinajstić information content (AvgIpc) is 3.03. The SMILES string of the molecule is CCOC(=O)CCC1OC(=O)N(c2ccc(Cl)cc2)C1c1cccc(OC)c1. The lowest BCUT2D eigenvalue weighted by molar-refractivity contribution is -0.143. The lowest BCUT2D eigenvalue weighted by atomic mass is 9.97. The van der Waals surface area contributed by atoms with Crippen molar-refractivity contribution < 1.29 is 23.8 Å². The number of halogens is 1. The first kappa shape index (κ1) is 20.0. The number of methoxy groups -OCH3 is 1. The first-order valence-electron chi connectivity index (χ1n) is 9.08. The molecule has 1 heterocycles. The van der Waals surface area contributed by atoms with Crippen LogP contribution in [0.1, 0.15) is 31.4 Å². The van der Waals surface area contributed by atoms with Gasteiger partial charge in [0.15, 0.2) is 0 Å². The van der Waals surface area contributed by atoms with E-state index in [1.54, 1.807) is 43.2 Å². The van der Waals surface area contributed by atoms with Crippen LogP contribution in [0.2, 0.25) is 5.02 Å². The van der Waals surface area contributed by atoms with Gasteiger partial charge in [0.1, 0.15) is 17.9 Å². The van der Waals surface area contributed by atoms with E-state index < -0.39 is 18.2 Å². The van der Waals surface area contributed by atoms with E-state index in [0.717, 1.165) is 5.56 Å². The standard InChI is InChI=1S/C21H22ClNO5/c1-3-27-19(24)12-11-18-20(14-5-4-6-17(13-14)26-2)23(21(25)28-18)16-9-7-15(22)8-10-16/h4-10,13,18,20H,3,11-12H2,1-2H3. The van der Waals surface area contributed by atoms with Gasteiger partial charge in [-0.3, -0.25) is 9.69 Å². The molecule has 1 amide bonds. The van der Waals surface area contributed by atoms with Crippen molar-refractivity contribution in [3.8, 4) is 5.75 Å². The number of nitrogens with zero attached hydrogens (tertiary/aromatic N) is 1. The molecule has 28 heavy (non-hydrogen) atoms. The van der Waals surface area contributed by atoms with Crippen LogP contribution in [-0.2, 0) is 14.3 Å². The highest BCUT2D eigenvalue weighted by molar-refractivity contribution is 6.30. The molecule has 0 saturated carbocycles. The Morgan fingerprint density at radius 2 is 1.96 bits per heavy atom. The summed E-state index contributed by atoms with van der Waals surface area (Å²) >= 11 is 5.99. The second kappa shape index (κ2) is 8.97. The molecule has 0 bridgehead atoms. The Labute approximate surface area is 168 Å². The molecule has 3 rings (SSSR count). The molecule has 6 nitrogen and oxygen atoms in total. The molecule has 0 aliphatic carbocycles. The number of hydrogen-bond acceptors (Lipinski definition) is 5. The molecule has 2 aromatic rings. The van der Waals surface area contributed by atoms with Crippen molar-refractivity contribution in [2.75, 3.05) is 18.6 Å². The minimum Gasteiger partial charge on any atom is -0.497 e. The Morgan fingerprint density at radius 1 is 1.21 bits per heavy atom. The van der Waals surface area contributed by atoms with Gasteiger partial charge in [0.05, 0.1) is 13.7 Å². The summed E-state index contributed by atoms with van der Waals surface area (Å²) in [6.45, 7) is 2.08. The fourth-order valence-electron chi connectivity index (χ4n) is 3.30. The quantitative estimate of drug-likeness (QED) is 0.623. The van der Waals surface area contributed by atoms with Crippen LogP contribution in [0.3, 0.4) is 0 Å². The number of cyclic esters (lactones) is 1. The largest absolute Gasteiger partial charge is 0.497 e. The van der Waals surface area contributed by atoms with Crippen molar-refractivity contribution in [2.24, 2.45) is 0 Å². The third-order valence-corrected chi connectivity index (χ3v) is 4.81. The van der Waals surface area contributed by atoms with E-state index >= 15 is 0 Å². The number of benzene rings is 2. The van der Waals surface area contributed by atoms with Gasteiger partial charge in [-0.05, 0) is 55.3 Å². The molecule has 0 radical (unpaired) electrons. The number of amides is 1. The van der Waals surface area contributed by atoms with Gasteiger partial charge in [-0.2, -0.15) is 0 Å². The molecule has 1 fully saturated rings. The zero-order valence-corrected chi connectivity index (χ0v) is 16.5. The van der Waals surface area contributed by atoms with Crippen LogP contribution in [0.4, 0.5) is 10.5 Å². The molecule has 148 valence electrons. The Morgan fingerprint density at radius 3 is 2.64 bits per heavy atom. The zero-order valence-electron chi connectivity index (χ0n) is 15.8. The second-order valence-corrected chi connectivity index (χ2v) is 6.77. The fraction of sp³-hybridized carbons (Fsp3) is 0.333. The summed E-state index contributed by atoms with van der Waals surface area (Å²) in [5.74, 6) is 0.366. The minimum atomic E-state index is -0.500. The molecule has 0 spiro atoms. The number of esters is 1. The van der Waals surface area contributed by atoms with E-state index in [2.05, 4.69) is 0 Å². The maximum Gasteiger partial charge on any atom is 0.415 e. The van der Waals surface area contributed by atoms with Gasteiger partial charge in [-0.25, -0.2) is 4.79 Å². The van der Waals surface area contributed by atoms with E-state index in [1.807, 2.05) is 24.3 Å². The van der Waals surface area contributed by atoms with Gasteiger partial charge in [-0.1, -0.05) is 23.7 Å². The topological polar surface area (TPSA) is 65.1 Å². The third-order valence-electron chi connectivity index (χ3n) is 4.56. The Kier molecular flexibility index (Phi) is 6.41. The van der Waals surface area contributed by atoms with Crippen LogP contribution < -0.4 is 9.64 Å². The summed E-state index contributed by atoms with van der Waals surface area (Å²) in [6, 6.07) is 14.0. The second-order valence-electron chi connectivity index (χ2n) is 6.33. The number of anilines is 1. The van der Waals surface area contributed by atoms with Gasteiger partial charge in [-0.15, -0.1) is 0 Å². The van der Waals surface area contributed by atoms with Crippen molar-refractivity contribution in [1.29, 1.82) is 0 Å². The van der Waals surface area contributed by atoms with Crippen LogP contribution in [0, 0.1) is 0 Å². The van der Waals surface area contributed by atoms with Crippen LogP contribution in [0.5, 0.6) is 5.75 Å². The Bertz CT molecular complexity index is 839. The molecule has 0 aromatic heterocycles. The normalized spacial score (nSPS) is 18.7. The van der Waals surface area contributed by atoms with Crippen LogP contribution >= 0.6 is 11.6 Å². The monoisotopic (exact) mass is 403 g/mol. The maximum atomic E-state index is 12.7. The summed E-state index contributed by atoms with van der Waals surface area (Å²) in [6.07, 6.45) is -0.444. The van der Waals surface area contributed by atoms with Gasteiger partial charge in [0, 0.05) is 17.1 Å². The van der Waals surface area contributed by atoms with Crippen LogP contribution in [0.25, 0.3) is 0 Å². The van der Waals surface area contributed by atoms with E-state index in [0.29, 0.717) is 29.5 Å². The number of hydrogen-bond donors (Lipinski definition) is 0. The molecule has 1 aliphatic heterocycles. The van der Waals surface area contributed by atoms with E-state index in [1.165, 1.54) is 0 Å². The van der Waals surface area contributed by atoms with Crippen molar-refractivity contribution in [3.05, 3.63) is 59.1 Å². The van der Waals surface area contributed by atoms with Crippen molar-refractivity contribution in [3.63, 3.8) is 0 Å². The molecule has 0 N–H and O–H groups in total. The minimum absolute atomic E-state index is 0.167. The highest BCUT2D eigenvalue weighted by Gasteiger charge is 2.43. The molecule has 1 saturated heterocycles.